The number of H-pyrrole nitrogens is 1. The third-order valence-electron chi connectivity index (χ3n) is 4.53. The molecule has 1 amide bonds. The normalized spacial score (nSPS) is 11.0. The number of hydrogen-bond acceptors (Lipinski definition) is 6. The third-order valence-corrected chi connectivity index (χ3v) is 5.46. The lowest BCUT2D eigenvalue weighted by atomic mass is 10.1. The minimum absolute atomic E-state index is 0.127. The molecule has 2 N–H and O–H groups in total. The summed E-state index contributed by atoms with van der Waals surface area (Å²) in [4.78, 5) is 33.9. The van der Waals surface area contributed by atoms with Crippen LogP contribution < -0.4 is 10.9 Å². The number of aromatic amines is 1. The van der Waals surface area contributed by atoms with Gasteiger partial charge in [0.1, 0.15) is 11.6 Å². The van der Waals surface area contributed by atoms with Crippen molar-refractivity contribution >= 4 is 38.2 Å². The Morgan fingerprint density at radius 1 is 1.39 bits per heavy atom. The molecule has 0 aliphatic rings. The second-order valence-electron chi connectivity index (χ2n) is 6.34. The van der Waals surface area contributed by atoms with Crippen molar-refractivity contribution in [2.45, 2.75) is 26.7 Å². The topological polar surface area (TPSA) is 116 Å². The monoisotopic (exact) mass is 392 g/mol. The Morgan fingerprint density at radius 2 is 2.21 bits per heavy atom. The zero-order valence-corrected chi connectivity index (χ0v) is 16.1. The van der Waals surface area contributed by atoms with Gasteiger partial charge in [0.25, 0.3) is 5.56 Å². The quantitative estimate of drug-likeness (QED) is 0.554. The van der Waals surface area contributed by atoms with Crippen molar-refractivity contribution in [3.05, 3.63) is 57.1 Å². The van der Waals surface area contributed by atoms with Gasteiger partial charge in [-0.2, -0.15) is 5.26 Å². The molecule has 3 aromatic heterocycles. The number of benzene rings is 1. The number of thiazole rings is 1. The molecule has 3 heterocycles. The number of fused-ring (bicyclic) bond motifs is 2. The number of rotatable bonds is 4. The van der Waals surface area contributed by atoms with Crippen LogP contribution in [0.3, 0.4) is 0 Å². The van der Waals surface area contributed by atoms with Gasteiger partial charge in [-0.25, -0.2) is 14.5 Å². The highest BCUT2D eigenvalue weighted by Crippen LogP contribution is 2.27. The number of nitrogens with one attached hydrogen (secondary N) is 2. The van der Waals surface area contributed by atoms with Gasteiger partial charge < -0.3 is 5.32 Å². The molecule has 0 atom stereocenters. The Kier molecular flexibility index (Phi) is 4.41. The number of aryl methyl sites for hydroxylation is 2. The first kappa shape index (κ1) is 17.9. The van der Waals surface area contributed by atoms with Crippen molar-refractivity contribution < 1.29 is 4.79 Å². The minimum Gasteiger partial charge on any atom is -0.302 e. The van der Waals surface area contributed by atoms with E-state index in [1.54, 1.807) is 6.92 Å². The molecule has 0 saturated carbocycles. The van der Waals surface area contributed by atoms with Gasteiger partial charge in [0.15, 0.2) is 10.8 Å². The van der Waals surface area contributed by atoms with Gasteiger partial charge in [-0.3, -0.25) is 14.7 Å². The summed E-state index contributed by atoms with van der Waals surface area (Å²) in [5, 5.41) is 15.0. The lowest BCUT2D eigenvalue weighted by molar-refractivity contribution is -0.115. The van der Waals surface area contributed by atoms with Crippen LogP contribution in [-0.4, -0.2) is 25.5 Å². The molecule has 0 aliphatic heterocycles. The molecular formula is C19H16N6O2S. The summed E-state index contributed by atoms with van der Waals surface area (Å²) >= 11 is 1.40. The Bertz CT molecular complexity index is 1320. The molecule has 4 rings (SSSR count). The van der Waals surface area contributed by atoms with Gasteiger partial charge in [0, 0.05) is 17.5 Å². The van der Waals surface area contributed by atoms with Crippen molar-refractivity contribution in [2.24, 2.45) is 0 Å². The largest absolute Gasteiger partial charge is 0.302 e. The number of nitriles is 1. The Morgan fingerprint density at radius 3 is 2.96 bits per heavy atom. The van der Waals surface area contributed by atoms with E-state index < -0.39 is 5.56 Å². The molecular weight excluding hydrogens is 376 g/mol. The van der Waals surface area contributed by atoms with Crippen LogP contribution in [0.25, 0.3) is 15.9 Å². The highest BCUT2D eigenvalue weighted by Gasteiger charge is 2.17. The number of aromatic nitrogens is 4. The van der Waals surface area contributed by atoms with Gasteiger partial charge in [-0.15, -0.1) is 0 Å². The number of anilines is 1. The van der Waals surface area contributed by atoms with Crippen LogP contribution in [0.15, 0.2) is 29.2 Å². The van der Waals surface area contributed by atoms with E-state index in [0.717, 1.165) is 16.6 Å². The van der Waals surface area contributed by atoms with Gasteiger partial charge in [-0.1, -0.05) is 24.3 Å². The van der Waals surface area contributed by atoms with E-state index in [1.807, 2.05) is 18.2 Å². The number of carbonyl (C=O) groups excluding carboxylic acids is 1. The number of hydrogen-bond donors (Lipinski definition) is 2. The van der Waals surface area contributed by atoms with Crippen LogP contribution >= 0.6 is 11.3 Å². The Labute approximate surface area is 163 Å². The molecule has 9 heteroatoms. The van der Waals surface area contributed by atoms with Crippen LogP contribution in [0.5, 0.6) is 0 Å². The molecule has 0 saturated heterocycles. The summed E-state index contributed by atoms with van der Waals surface area (Å²) in [5.74, 6) is -0.344. The van der Waals surface area contributed by atoms with Crippen molar-refractivity contribution in [3.63, 3.8) is 0 Å². The predicted molar refractivity (Wildman–Crippen MR) is 107 cm³/mol. The number of nitrogens with zero attached hydrogens (tertiary/aromatic N) is 4. The summed E-state index contributed by atoms with van der Waals surface area (Å²) in [7, 11) is 0. The van der Waals surface area contributed by atoms with Gasteiger partial charge >= 0.3 is 0 Å². The first-order valence-electron chi connectivity index (χ1n) is 8.69. The fourth-order valence-electron chi connectivity index (χ4n) is 3.01. The summed E-state index contributed by atoms with van der Waals surface area (Å²) < 4.78 is 2.18. The summed E-state index contributed by atoms with van der Waals surface area (Å²) in [6, 6.07) is 8.00. The maximum absolute atomic E-state index is 12.7. The third kappa shape index (κ3) is 3.04. The smallest absolute Gasteiger partial charge is 0.276 e. The SMILES string of the molecule is CCc1ccc2nc(NC(=O)Cc3c(C)nc4c(C#N)c[nH]n4c3=O)sc2c1. The summed E-state index contributed by atoms with van der Waals surface area (Å²) in [5.41, 5.74) is 2.87. The van der Waals surface area contributed by atoms with E-state index in [0.29, 0.717) is 10.8 Å². The molecule has 0 unspecified atom stereocenters. The fourth-order valence-corrected chi connectivity index (χ4v) is 3.95. The van der Waals surface area contributed by atoms with Crippen LogP contribution in [0.2, 0.25) is 0 Å². The molecule has 1 aromatic carbocycles. The van der Waals surface area contributed by atoms with Crippen LogP contribution in [-0.2, 0) is 17.6 Å². The van der Waals surface area contributed by atoms with E-state index >= 15 is 0 Å². The number of amides is 1. The fraction of sp³-hybridized carbons (Fsp3) is 0.211. The molecule has 0 bridgehead atoms. The van der Waals surface area contributed by atoms with Gasteiger partial charge in [0.2, 0.25) is 5.91 Å². The maximum Gasteiger partial charge on any atom is 0.276 e. The molecule has 140 valence electrons. The maximum atomic E-state index is 12.7. The Hall–Kier alpha value is -3.51. The van der Waals surface area contributed by atoms with Crippen LogP contribution in [0.1, 0.15) is 29.3 Å². The molecule has 0 aliphatic carbocycles. The zero-order chi connectivity index (χ0) is 19.8. The highest BCUT2D eigenvalue weighted by molar-refractivity contribution is 7.22. The first-order valence-corrected chi connectivity index (χ1v) is 9.50. The van der Waals surface area contributed by atoms with E-state index in [2.05, 4.69) is 33.4 Å². The molecule has 28 heavy (non-hydrogen) atoms. The van der Waals surface area contributed by atoms with E-state index in [1.165, 1.54) is 27.6 Å². The van der Waals surface area contributed by atoms with E-state index in [-0.39, 0.29) is 29.1 Å². The second-order valence-corrected chi connectivity index (χ2v) is 7.37. The average Bonchev–Trinajstić information content (AvgIpc) is 3.27. The van der Waals surface area contributed by atoms with Crippen molar-refractivity contribution in [1.82, 2.24) is 19.6 Å². The predicted octanol–water partition coefficient (Wildman–Crippen LogP) is 2.56. The average molecular weight is 392 g/mol. The number of carbonyl (C=O) groups is 1. The van der Waals surface area contributed by atoms with Crippen LogP contribution in [0.4, 0.5) is 5.13 Å². The minimum atomic E-state index is -0.393. The van der Waals surface area contributed by atoms with Crippen molar-refractivity contribution in [3.8, 4) is 6.07 Å². The Balaban J connectivity index is 1.60. The van der Waals surface area contributed by atoms with Crippen molar-refractivity contribution in [1.29, 1.82) is 5.26 Å². The van der Waals surface area contributed by atoms with E-state index in [9.17, 15) is 9.59 Å². The molecule has 0 spiro atoms. The standard InChI is InChI=1S/C19H16N6O2S/c1-3-11-4-5-14-15(6-11)28-19(23-14)24-16(26)7-13-10(2)22-17-12(8-20)9-21-25(17)18(13)27/h4-6,9,21H,3,7H2,1-2H3,(H,23,24,26). The second kappa shape index (κ2) is 6.90. The van der Waals surface area contributed by atoms with Gasteiger partial charge in [0.05, 0.1) is 16.6 Å². The zero-order valence-electron chi connectivity index (χ0n) is 15.2. The van der Waals surface area contributed by atoms with Gasteiger partial charge in [-0.05, 0) is 31.0 Å². The molecule has 8 nitrogen and oxygen atoms in total. The lowest BCUT2D eigenvalue weighted by Crippen LogP contribution is -2.26. The summed E-state index contributed by atoms with van der Waals surface area (Å²) in [6.07, 6.45) is 2.22. The molecule has 0 radical (unpaired) electrons. The van der Waals surface area contributed by atoms with Crippen molar-refractivity contribution in [2.75, 3.05) is 5.32 Å². The molecule has 0 fully saturated rings. The summed E-state index contributed by atoms with van der Waals surface area (Å²) in [6.45, 7) is 3.74. The van der Waals surface area contributed by atoms with Crippen LogP contribution in [0, 0.1) is 18.3 Å². The first-order chi connectivity index (χ1) is 13.5. The lowest BCUT2D eigenvalue weighted by Gasteiger charge is -2.05. The highest BCUT2D eigenvalue weighted by atomic mass is 32.1. The molecule has 4 aromatic rings. The van der Waals surface area contributed by atoms with E-state index in [4.69, 9.17) is 5.26 Å².